The molecule has 5 nitrogen and oxygen atoms in total. The van der Waals surface area contributed by atoms with Crippen LogP contribution in [-0.2, 0) is 11.3 Å². The molecule has 9 heteroatoms. The number of aromatic nitrogens is 1. The second kappa shape index (κ2) is 8.67. The SMILES string of the molecule is CC1=C2N(Cc3ccc(Cl)nc3)CCCN2CN(CCOCC(F)(F)F)C1. The molecule has 27 heavy (non-hydrogen) atoms. The molecular formula is C18H24ClF3N4O. The highest BCUT2D eigenvalue weighted by Gasteiger charge is 2.30. The average molecular weight is 405 g/mol. The third-order valence-corrected chi connectivity index (χ3v) is 4.87. The maximum atomic E-state index is 12.2. The van der Waals surface area contributed by atoms with Crippen molar-refractivity contribution in [2.45, 2.75) is 26.1 Å². The smallest absolute Gasteiger partial charge is 0.371 e. The standard InChI is InChI=1S/C18H24ClF3N4O/c1-14-10-24(7-8-27-12-18(20,21)22)13-26-6-2-5-25(17(14)26)11-15-3-4-16(19)23-9-15/h3-4,9H,2,5-8,10-13H2,1H3. The van der Waals surface area contributed by atoms with Crippen LogP contribution in [0.25, 0.3) is 0 Å². The van der Waals surface area contributed by atoms with Crippen LogP contribution in [-0.4, -0.2) is 71.9 Å². The Hall–Kier alpha value is -1.51. The third kappa shape index (κ3) is 5.73. The van der Waals surface area contributed by atoms with Crippen molar-refractivity contribution in [2.75, 3.05) is 46.1 Å². The van der Waals surface area contributed by atoms with Gasteiger partial charge in [-0.25, -0.2) is 4.98 Å². The van der Waals surface area contributed by atoms with Crippen molar-refractivity contribution < 1.29 is 17.9 Å². The van der Waals surface area contributed by atoms with Gasteiger partial charge in [0.15, 0.2) is 0 Å². The molecule has 0 unspecified atom stereocenters. The molecule has 0 aliphatic carbocycles. The Balaban J connectivity index is 1.59. The predicted molar refractivity (Wildman–Crippen MR) is 97.0 cm³/mol. The highest BCUT2D eigenvalue weighted by Crippen LogP contribution is 2.27. The second-order valence-electron chi connectivity index (χ2n) is 6.99. The van der Waals surface area contributed by atoms with Gasteiger partial charge in [0, 0.05) is 38.9 Å². The van der Waals surface area contributed by atoms with Gasteiger partial charge in [-0.2, -0.15) is 13.2 Å². The van der Waals surface area contributed by atoms with Gasteiger partial charge in [-0.15, -0.1) is 0 Å². The molecule has 2 aliphatic rings. The molecule has 0 saturated carbocycles. The predicted octanol–water partition coefficient (Wildman–Crippen LogP) is 3.33. The first-order valence-electron chi connectivity index (χ1n) is 8.99. The first-order valence-corrected chi connectivity index (χ1v) is 9.36. The zero-order chi connectivity index (χ0) is 19.4. The van der Waals surface area contributed by atoms with Crippen LogP contribution in [0.4, 0.5) is 13.2 Å². The summed E-state index contributed by atoms with van der Waals surface area (Å²) in [5, 5.41) is 0.482. The lowest BCUT2D eigenvalue weighted by atomic mass is 10.1. The molecule has 0 bridgehead atoms. The summed E-state index contributed by atoms with van der Waals surface area (Å²) in [7, 11) is 0. The number of hydrogen-bond acceptors (Lipinski definition) is 5. The fourth-order valence-corrected chi connectivity index (χ4v) is 3.76. The van der Waals surface area contributed by atoms with Crippen LogP contribution in [0.5, 0.6) is 0 Å². The van der Waals surface area contributed by atoms with E-state index in [1.165, 1.54) is 11.4 Å². The molecule has 1 fully saturated rings. The number of nitrogens with zero attached hydrogens (tertiary/aromatic N) is 4. The molecule has 0 N–H and O–H groups in total. The molecule has 0 atom stereocenters. The highest BCUT2D eigenvalue weighted by molar-refractivity contribution is 6.29. The number of hydrogen-bond donors (Lipinski definition) is 0. The van der Waals surface area contributed by atoms with E-state index in [4.69, 9.17) is 16.3 Å². The largest absolute Gasteiger partial charge is 0.411 e. The molecule has 1 saturated heterocycles. The quantitative estimate of drug-likeness (QED) is 0.536. The first-order chi connectivity index (χ1) is 12.8. The molecule has 3 heterocycles. The van der Waals surface area contributed by atoms with E-state index in [9.17, 15) is 13.2 Å². The van der Waals surface area contributed by atoms with Crippen LogP contribution >= 0.6 is 11.6 Å². The van der Waals surface area contributed by atoms with Crippen LogP contribution in [0.1, 0.15) is 18.9 Å². The van der Waals surface area contributed by atoms with Crippen LogP contribution in [0.3, 0.4) is 0 Å². The Bertz CT molecular complexity index is 666. The van der Waals surface area contributed by atoms with Gasteiger partial charge in [0.25, 0.3) is 0 Å². The fraction of sp³-hybridized carbons (Fsp3) is 0.611. The Kier molecular flexibility index (Phi) is 6.49. The van der Waals surface area contributed by atoms with E-state index in [0.717, 1.165) is 38.2 Å². The summed E-state index contributed by atoms with van der Waals surface area (Å²) < 4.78 is 41.3. The molecule has 2 aliphatic heterocycles. The molecule has 0 spiro atoms. The summed E-state index contributed by atoms with van der Waals surface area (Å²) in [5.74, 6) is 1.23. The molecular weight excluding hydrogens is 381 g/mol. The number of alkyl halides is 3. The van der Waals surface area contributed by atoms with E-state index in [1.54, 1.807) is 12.3 Å². The summed E-state index contributed by atoms with van der Waals surface area (Å²) in [4.78, 5) is 10.9. The lowest BCUT2D eigenvalue weighted by molar-refractivity contribution is -0.174. The molecule has 3 rings (SSSR count). The Morgan fingerprint density at radius 2 is 2.07 bits per heavy atom. The number of halogens is 4. The van der Waals surface area contributed by atoms with Gasteiger partial charge in [-0.1, -0.05) is 17.7 Å². The summed E-state index contributed by atoms with van der Waals surface area (Å²) in [6.45, 7) is 5.59. The Morgan fingerprint density at radius 1 is 1.26 bits per heavy atom. The van der Waals surface area contributed by atoms with Gasteiger partial charge in [-0.05, 0) is 30.5 Å². The normalized spacial score (nSPS) is 18.9. The molecule has 1 aromatic heterocycles. The van der Waals surface area contributed by atoms with Gasteiger partial charge in [0.05, 0.1) is 13.3 Å². The molecule has 0 aromatic carbocycles. The maximum Gasteiger partial charge on any atom is 0.411 e. The van der Waals surface area contributed by atoms with Gasteiger partial charge < -0.3 is 14.5 Å². The molecule has 1 aromatic rings. The van der Waals surface area contributed by atoms with Crippen molar-refractivity contribution in [3.63, 3.8) is 0 Å². The van der Waals surface area contributed by atoms with Crippen LogP contribution < -0.4 is 0 Å². The second-order valence-corrected chi connectivity index (χ2v) is 7.38. The monoisotopic (exact) mass is 404 g/mol. The minimum atomic E-state index is -4.27. The number of fused-ring (bicyclic) bond motifs is 1. The van der Waals surface area contributed by atoms with Crippen molar-refractivity contribution in [1.29, 1.82) is 0 Å². The van der Waals surface area contributed by atoms with Gasteiger partial charge >= 0.3 is 6.18 Å². The summed E-state index contributed by atoms with van der Waals surface area (Å²) >= 11 is 5.86. The zero-order valence-corrected chi connectivity index (χ0v) is 16.1. The first kappa shape index (κ1) is 20.2. The van der Waals surface area contributed by atoms with E-state index in [2.05, 4.69) is 26.6 Å². The minimum absolute atomic E-state index is 0.0795. The fourth-order valence-electron chi connectivity index (χ4n) is 3.64. The topological polar surface area (TPSA) is 31.8 Å². The molecule has 150 valence electrons. The lowest BCUT2D eigenvalue weighted by Gasteiger charge is -2.47. The van der Waals surface area contributed by atoms with Gasteiger partial charge in [0.2, 0.25) is 0 Å². The maximum absolute atomic E-state index is 12.2. The van der Waals surface area contributed by atoms with Crippen molar-refractivity contribution in [3.8, 4) is 0 Å². The minimum Gasteiger partial charge on any atom is -0.371 e. The van der Waals surface area contributed by atoms with E-state index in [-0.39, 0.29) is 6.61 Å². The Morgan fingerprint density at radius 3 is 2.78 bits per heavy atom. The van der Waals surface area contributed by atoms with Gasteiger partial charge in [0.1, 0.15) is 17.6 Å². The van der Waals surface area contributed by atoms with Crippen molar-refractivity contribution >= 4 is 11.6 Å². The average Bonchev–Trinajstić information content (AvgIpc) is 2.60. The highest BCUT2D eigenvalue weighted by atomic mass is 35.5. The van der Waals surface area contributed by atoms with Crippen LogP contribution in [0, 0.1) is 0 Å². The summed E-state index contributed by atoms with van der Waals surface area (Å²) in [5.41, 5.74) is 2.32. The molecule has 0 radical (unpaired) electrons. The number of rotatable bonds is 6. The number of pyridine rings is 1. The van der Waals surface area contributed by atoms with E-state index < -0.39 is 12.8 Å². The summed E-state index contributed by atoms with van der Waals surface area (Å²) in [6.07, 6.45) is -1.44. The van der Waals surface area contributed by atoms with Crippen molar-refractivity contribution in [1.82, 2.24) is 19.7 Å². The zero-order valence-electron chi connectivity index (χ0n) is 15.3. The Labute approximate surface area is 162 Å². The van der Waals surface area contributed by atoms with E-state index in [0.29, 0.717) is 18.4 Å². The lowest BCUT2D eigenvalue weighted by Crippen LogP contribution is -2.52. The van der Waals surface area contributed by atoms with E-state index in [1.807, 2.05) is 6.07 Å². The summed E-state index contributed by atoms with van der Waals surface area (Å²) in [6, 6.07) is 3.78. The van der Waals surface area contributed by atoms with Gasteiger partial charge in [-0.3, -0.25) is 4.90 Å². The van der Waals surface area contributed by atoms with Crippen LogP contribution in [0.15, 0.2) is 29.7 Å². The third-order valence-electron chi connectivity index (χ3n) is 4.65. The molecule has 0 amide bonds. The van der Waals surface area contributed by atoms with Crippen LogP contribution in [0.2, 0.25) is 5.15 Å². The van der Waals surface area contributed by atoms with Crippen molar-refractivity contribution in [2.24, 2.45) is 0 Å². The van der Waals surface area contributed by atoms with E-state index >= 15 is 0 Å². The van der Waals surface area contributed by atoms with Crippen molar-refractivity contribution in [3.05, 3.63) is 40.4 Å². The number of ether oxygens (including phenoxy) is 1.